The average molecular weight is 275 g/mol. The Balaban J connectivity index is 2.40. The third kappa shape index (κ3) is 1.18. The van der Waals surface area contributed by atoms with Crippen molar-refractivity contribution in [2.75, 3.05) is 0 Å². The SMILES string of the molecule is CC1(C)c2cccnc2-c2nc(Br)ccc21. The van der Waals surface area contributed by atoms with E-state index in [9.17, 15) is 0 Å². The first-order valence-electron chi connectivity index (χ1n) is 5.23. The Kier molecular flexibility index (Phi) is 1.96. The van der Waals surface area contributed by atoms with Crippen LogP contribution in [0.15, 0.2) is 35.1 Å². The highest BCUT2D eigenvalue weighted by Gasteiger charge is 2.37. The molecule has 2 nitrogen and oxygen atoms in total. The van der Waals surface area contributed by atoms with Gasteiger partial charge in [0.25, 0.3) is 0 Å². The summed E-state index contributed by atoms with van der Waals surface area (Å²) in [6.07, 6.45) is 1.83. The van der Waals surface area contributed by atoms with Gasteiger partial charge in [0.05, 0.1) is 11.4 Å². The van der Waals surface area contributed by atoms with Gasteiger partial charge in [-0.25, -0.2) is 4.98 Å². The van der Waals surface area contributed by atoms with Crippen molar-refractivity contribution in [3.8, 4) is 11.4 Å². The molecule has 0 spiro atoms. The van der Waals surface area contributed by atoms with E-state index in [1.807, 2.05) is 18.3 Å². The fourth-order valence-corrected chi connectivity index (χ4v) is 2.67. The van der Waals surface area contributed by atoms with Crippen molar-refractivity contribution in [1.82, 2.24) is 9.97 Å². The standard InChI is InChI=1S/C13H11BrN2/c1-13(2)8-4-3-7-15-11(8)12-9(13)5-6-10(14)16-12/h3-7H,1-2H3. The second-order valence-corrected chi connectivity index (χ2v) is 5.37. The Hall–Kier alpha value is -1.22. The molecule has 2 aromatic rings. The Bertz CT molecular complexity index is 576. The number of pyridine rings is 2. The van der Waals surface area contributed by atoms with Gasteiger partial charge in [-0.1, -0.05) is 26.0 Å². The molecule has 0 atom stereocenters. The summed E-state index contributed by atoms with van der Waals surface area (Å²) in [6.45, 7) is 4.43. The van der Waals surface area contributed by atoms with Gasteiger partial charge in [-0.15, -0.1) is 0 Å². The Morgan fingerprint density at radius 2 is 1.81 bits per heavy atom. The lowest BCUT2D eigenvalue weighted by molar-refractivity contribution is 0.657. The quantitative estimate of drug-likeness (QED) is 0.687. The molecule has 0 aliphatic heterocycles. The second-order valence-electron chi connectivity index (χ2n) is 4.55. The molecular weight excluding hydrogens is 264 g/mol. The molecule has 0 aromatic carbocycles. The minimum atomic E-state index is 0.00657. The first-order valence-corrected chi connectivity index (χ1v) is 6.03. The van der Waals surface area contributed by atoms with Gasteiger partial charge in [0.1, 0.15) is 4.60 Å². The van der Waals surface area contributed by atoms with E-state index in [0.717, 1.165) is 16.0 Å². The van der Waals surface area contributed by atoms with E-state index >= 15 is 0 Å². The van der Waals surface area contributed by atoms with Crippen molar-refractivity contribution in [3.63, 3.8) is 0 Å². The van der Waals surface area contributed by atoms with Crippen LogP contribution in [0.3, 0.4) is 0 Å². The maximum Gasteiger partial charge on any atom is 0.106 e. The minimum Gasteiger partial charge on any atom is -0.254 e. The Morgan fingerprint density at radius 3 is 2.62 bits per heavy atom. The number of halogens is 1. The summed E-state index contributed by atoms with van der Waals surface area (Å²) in [5.41, 5.74) is 4.55. The molecule has 0 fully saturated rings. The molecule has 2 heterocycles. The van der Waals surface area contributed by atoms with Crippen LogP contribution >= 0.6 is 15.9 Å². The smallest absolute Gasteiger partial charge is 0.106 e. The summed E-state index contributed by atoms with van der Waals surface area (Å²) in [5.74, 6) is 0. The van der Waals surface area contributed by atoms with Crippen LogP contribution in [-0.4, -0.2) is 9.97 Å². The number of aromatic nitrogens is 2. The van der Waals surface area contributed by atoms with Crippen LogP contribution < -0.4 is 0 Å². The molecule has 3 rings (SSSR count). The lowest BCUT2D eigenvalue weighted by Crippen LogP contribution is -2.14. The normalized spacial score (nSPS) is 15.7. The first kappa shape index (κ1) is 9.97. The third-order valence-electron chi connectivity index (χ3n) is 3.24. The summed E-state index contributed by atoms with van der Waals surface area (Å²) in [7, 11) is 0. The molecular formula is C13H11BrN2. The number of rotatable bonds is 0. The van der Waals surface area contributed by atoms with E-state index in [4.69, 9.17) is 0 Å². The van der Waals surface area contributed by atoms with Crippen LogP contribution in [0.25, 0.3) is 11.4 Å². The number of hydrogen-bond acceptors (Lipinski definition) is 2. The van der Waals surface area contributed by atoms with Gasteiger partial charge in [-0.2, -0.15) is 0 Å². The molecule has 80 valence electrons. The molecule has 1 aliphatic carbocycles. The van der Waals surface area contributed by atoms with Gasteiger partial charge in [0.2, 0.25) is 0 Å². The Labute approximate surface area is 103 Å². The van der Waals surface area contributed by atoms with Crippen molar-refractivity contribution >= 4 is 15.9 Å². The average Bonchev–Trinajstić information content (AvgIpc) is 2.49. The summed E-state index contributed by atoms with van der Waals surface area (Å²) in [5, 5.41) is 0. The molecule has 1 aliphatic rings. The molecule has 0 saturated carbocycles. The zero-order valence-electron chi connectivity index (χ0n) is 9.16. The Morgan fingerprint density at radius 1 is 1.06 bits per heavy atom. The maximum absolute atomic E-state index is 4.54. The topological polar surface area (TPSA) is 25.8 Å². The van der Waals surface area contributed by atoms with Crippen molar-refractivity contribution in [3.05, 3.63) is 46.2 Å². The molecule has 0 radical (unpaired) electrons. The van der Waals surface area contributed by atoms with Gasteiger partial charge in [-0.05, 0) is 39.2 Å². The molecule has 0 amide bonds. The van der Waals surface area contributed by atoms with Gasteiger partial charge in [0, 0.05) is 11.6 Å². The van der Waals surface area contributed by atoms with Gasteiger partial charge in [-0.3, -0.25) is 4.98 Å². The predicted molar refractivity (Wildman–Crippen MR) is 67.3 cm³/mol. The summed E-state index contributed by atoms with van der Waals surface area (Å²) < 4.78 is 0.862. The summed E-state index contributed by atoms with van der Waals surface area (Å²) >= 11 is 3.42. The van der Waals surface area contributed by atoms with E-state index in [-0.39, 0.29) is 5.41 Å². The van der Waals surface area contributed by atoms with Crippen LogP contribution in [0.2, 0.25) is 0 Å². The highest BCUT2D eigenvalue weighted by Crippen LogP contribution is 2.46. The second kappa shape index (κ2) is 3.14. The van der Waals surface area contributed by atoms with Gasteiger partial charge >= 0.3 is 0 Å². The monoisotopic (exact) mass is 274 g/mol. The van der Waals surface area contributed by atoms with Crippen molar-refractivity contribution in [1.29, 1.82) is 0 Å². The van der Waals surface area contributed by atoms with E-state index in [1.54, 1.807) is 0 Å². The first-order chi connectivity index (χ1) is 7.60. The van der Waals surface area contributed by atoms with Gasteiger partial charge < -0.3 is 0 Å². The number of hydrogen-bond donors (Lipinski definition) is 0. The van der Waals surface area contributed by atoms with Crippen molar-refractivity contribution < 1.29 is 0 Å². The van der Waals surface area contributed by atoms with Crippen LogP contribution in [0.4, 0.5) is 0 Å². The van der Waals surface area contributed by atoms with Crippen molar-refractivity contribution in [2.24, 2.45) is 0 Å². The lowest BCUT2D eigenvalue weighted by atomic mass is 9.83. The fourth-order valence-electron chi connectivity index (χ4n) is 2.36. The molecule has 0 saturated heterocycles. The summed E-state index contributed by atoms with van der Waals surface area (Å²) in [6, 6.07) is 8.25. The molecule has 0 N–H and O–H groups in total. The summed E-state index contributed by atoms with van der Waals surface area (Å²) in [4.78, 5) is 9.00. The molecule has 3 heteroatoms. The van der Waals surface area contributed by atoms with E-state index in [1.165, 1.54) is 11.1 Å². The van der Waals surface area contributed by atoms with Crippen LogP contribution in [0.1, 0.15) is 25.0 Å². The number of nitrogens with zero attached hydrogens (tertiary/aromatic N) is 2. The zero-order chi connectivity index (χ0) is 11.3. The van der Waals surface area contributed by atoms with Crippen LogP contribution in [0.5, 0.6) is 0 Å². The molecule has 16 heavy (non-hydrogen) atoms. The number of fused-ring (bicyclic) bond motifs is 3. The molecule has 2 aromatic heterocycles. The van der Waals surface area contributed by atoms with Crippen LogP contribution in [-0.2, 0) is 5.41 Å². The zero-order valence-corrected chi connectivity index (χ0v) is 10.7. The minimum absolute atomic E-state index is 0.00657. The van der Waals surface area contributed by atoms with Crippen LogP contribution in [0, 0.1) is 0 Å². The fraction of sp³-hybridized carbons (Fsp3) is 0.231. The maximum atomic E-state index is 4.54. The van der Waals surface area contributed by atoms with Gasteiger partial charge in [0.15, 0.2) is 0 Å². The largest absolute Gasteiger partial charge is 0.254 e. The lowest BCUT2D eigenvalue weighted by Gasteiger charge is -2.20. The van der Waals surface area contributed by atoms with E-state index in [2.05, 4.69) is 51.9 Å². The molecule has 0 bridgehead atoms. The van der Waals surface area contributed by atoms with E-state index < -0.39 is 0 Å². The highest BCUT2D eigenvalue weighted by atomic mass is 79.9. The highest BCUT2D eigenvalue weighted by molar-refractivity contribution is 9.10. The third-order valence-corrected chi connectivity index (χ3v) is 3.68. The van der Waals surface area contributed by atoms with E-state index in [0.29, 0.717) is 0 Å². The molecule has 0 unspecified atom stereocenters. The predicted octanol–water partition coefficient (Wildman–Crippen LogP) is 3.55. The van der Waals surface area contributed by atoms with Crippen molar-refractivity contribution in [2.45, 2.75) is 19.3 Å².